The fraction of sp³-hybridized carbons (Fsp3) is 0.321. The van der Waals surface area contributed by atoms with Gasteiger partial charge in [0, 0.05) is 26.2 Å². The van der Waals surface area contributed by atoms with Gasteiger partial charge < -0.3 is 19.3 Å². The predicted molar refractivity (Wildman–Crippen MR) is 128 cm³/mol. The Hall–Kier alpha value is -3.03. The fourth-order valence-electron chi connectivity index (χ4n) is 5.85. The number of carbonyl (C=O) groups excluding carboxylic acids is 1. The van der Waals surface area contributed by atoms with Crippen LogP contribution in [0.1, 0.15) is 16.7 Å². The van der Waals surface area contributed by atoms with Crippen molar-refractivity contribution in [3.63, 3.8) is 0 Å². The third-order valence-corrected chi connectivity index (χ3v) is 7.14. The van der Waals surface area contributed by atoms with Crippen LogP contribution in [0, 0.1) is 5.92 Å². The van der Waals surface area contributed by atoms with Crippen LogP contribution in [-0.4, -0.2) is 62.3 Å². The largest absolute Gasteiger partial charge is 0.468 e. The average molecular weight is 460 g/mol. The van der Waals surface area contributed by atoms with Crippen molar-refractivity contribution in [2.24, 2.45) is 5.92 Å². The minimum absolute atomic E-state index is 0.0218. The maximum absolute atomic E-state index is 13.3. The summed E-state index contributed by atoms with van der Waals surface area (Å²) in [6.07, 6.45) is -0.585. The van der Waals surface area contributed by atoms with Crippen LogP contribution in [0.2, 0.25) is 0 Å². The van der Waals surface area contributed by atoms with E-state index in [1.165, 1.54) is 7.11 Å². The van der Waals surface area contributed by atoms with E-state index in [4.69, 9.17) is 14.2 Å². The number of hydrogen-bond donors (Lipinski definition) is 1. The van der Waals surface area contributed by atoms with Gasteiger partial charge in [-0.1, -0.05) is 78.9 Å². The van der Waals surface area contributed by atoms with Gasteiger partial charge in [0.15, 0.2) is 0 Å². The molecule has 5 rings (SSSR count). The molecule has 1 aliphatic heterocycles. The van der Waals surface area contributed by atoms with E-state index in [-0.39, 0.29) is 19.3 Å². The van der Waals surface area contributed by atoms with Crippen molar-refractivity contribution >= 4 is 5.97 Å². The molecule has 1 aliphatic carbocycles. The average Bonchev–Trinajstić information content (AvgIpc) is 3.41. The monoisotopic (exact) mass is 459 g/mol. The van der Waals surface area contributed by atoms with Gasteiger partial charge in [-0.3, -0.25) is 9.69 Å². The summed E-state index contributed by atoms with van der Waals surface area (Å²) in [5.74, 6) is -0.686. The van der Waals surface area contributed by atoms with Crippen molar-refractivity contribution in [1.29, 1.82) is 0 Å². The minimum Gasteiger partial charge on any atom is -0.468 e. The number of hydrogen-bond acceptors (Lipinski definition) is 6. The lowest BCUT2D eigenvalue weighted by molar-refractivity contribution is -0.157. The molecule has 1 heterocycles. The molecule has 0 spiro atoms. The number of likely N-dealkylation sites (tertiary alicyclic amines) is 1. The Labute approximate surface area is 199 Å². The summed E-state index contributed by atoms with van der Waals surface area (Å²) >= 11 is 0. The predicted octanol–water partition coefficient (Wildman–Crippen LogP) is 3.41. The molecule has 3 atom stereocenters. The van der Waals surface area contributed by atoms with Gasteiger partial charge in [-0.05, 0) is 27.8 Å². The van der Waals surface area contributed by atoms with Gasteiger partial charge in [0.05, 0.1) is 18.8 Å². The van der Waals surface area contributed by atoms with Crippen LogP contribution < -0.4 is 0 Å². The van der Waals surface area contributed by atoms with E-state index in [1.54, 1.807) is 7.11 Å². The van der Waals surface area contributed by atoms with E-state index in [9.17, 15) is 9.90 Å². The zero-order chi connectivity index (χ0) is 23.7. The Balaban J connectivity index is 1.81. The molecule has 0 bridgehead atoms. The van der Waals surface area contributed by atoms with Crippen LogP contribution in [0.4, 0.5) is 0 Å². The SMILES string of the molecule is COCO[C@@H]1[C@H](CO)CN(C2(c3ccccc3)c3ccccc3-c3ccccc32)[C@@H]1C(=O)OC. The molecule has 0 radical (unpaired) electrons. The van der Waals surface area contributed by atoms with Crippen molar-refractivity contribution in [3.8, 4) is 11.1 Å². The van der Waals surface area contributed by atoms with Crippen LogP contribution in [0.3, 0.4) is 0 Å². The Morgan fingerprint density at radius 2 is 1.53 bits per heavy atom. The highest BCUT2D eigenvalue weighted by molar-refractivity contribution is 5.85. The zero-order valence-electron chi connectivity index (χ0n) is 19.4. The van der Waals surface area contributed by atoms with Crippen molar-refractivity contribution in [2.75, 3.05) is 34.2 Å². The highest BCUT2D eigenvalue weighted by Crippen LogP contribution is 2.56. The van der Waals surface area contributed by atoms with Gasteiger partial charge in [0.2, 0.25) is 0 Å². The van der Waals surface area contributed by atoms with E-state index in [2.05, 4.69) is 41.3 Å². The number of ether oxygens (including phenoxy) is 3. The first-order chi connectivity index (χ1) is 16.7. The maximum Gasteiger partial charge on any atom is 0.325 e. The summed E-state index contributed by atoms with van der Waals surface area (Å²) in [5, 5.41) is 10.3. The Kier molecular flexibility index (Phi) is 6.23. The molecule has 0 unspecified atom stereocenters. The van der Waals surface area contributed by atoms with Crippen molar-refractivity contribution < 1.29 is 24.1 Å². The third-order valence-electron chi connectivity index (χ3n) is 7.14. The first-order valence-electron chi connectivity index (χ1n) is 11.5. The van der Waals surface area contributed by atoms with Crippen molar-refractivity contribution in [2.45, 2.75) is 17.7 Å². The number of esters is 1. The fourth-order valence-corrected chi connectivity index (χ4v) is 5.85. The number of carbonyl (C=O) groups is 1. The van der Waals surface area contributed by atoms with Gasteiger partial charge in [-0.15, -0.1) is 0 Å². The number of benzene rings is 3. The summed E-state index contributed by atoms with van der Waals surface area (Å²) < 4.78 is 16.5. The Bertz CT molecular complexity index is 1120. The van der Waals surface area contributed by atoms with Crippen LogP contribution in [-0.2, 0) is 24.5 Å². The third kappa shape index (κ3) is 3.29. The molecule has 6 heteroatoms. The maximum atomic E-state index is 13.3. The van der Waals surface area contributed by atoms with Gasteiger partial charge in [0.25, 0.3) is 0 Å². The Morgan fingerprint density at radius 3 is 2.09 bits per heavy atom. The standard InChI is InChI=1S/C28H29NO5/c1-32-18-34-26-19(17-30)16-29(25(26)27(31)33-2)28(20-10-4-3-5-11-20)23-14-8-6-12-21(23)22-13-7-9-15-24(22)28/h3-15,19,25-26,30H,16-18H2,1-2H3/t19-,25-,26+/m0/s1. The topological polar surface area (TPSA) is 68.2 Å². The molecule has 2 aliphatic rings. The second-order valence-electron chi connectivity index (χ2n) is 8.77. The first-order valence-corrected chi connectivity index (χ1v) is 11.5. The summed E-state index contributed by atoms with van der Waals surface area (Å²) in [5.41, 5.74) is 4.75. The number of aliphatic hydroxyl groups excluding tert-OH is 1. The van der Waals surface area contributed by atoms with Crippen molar-refractivity contribution in [1.82, 2.24) is 4.90 Å². The van der Waals surface area contributed by atoms with E-state index >= 15 is 0 Å². The number of nitrogens with zero attached hydrogens (tertiary/aromatic N) is 1. The second kappa shape index (κ2) is 9.31. The van der Waals surface area contributed by atoms with Gasteiger partial charge in [-0.25, -0.2) is 0 Å². The van der Waals surface area contributed by atoms with Gasteiger partial charge in [-0.2, -0.15) is 0 Å². The highest BCUT2D eigenvalue weighted by Gasteiger charge is 2.59. The lowest BCUT2D eigenvalue weighted by Crippen LogP contribution is -2.54. The Morgan fingerprint density at radius 1 is 0.941 bits per heavy atom. The van der Waals surface area contributed by atoms with Crippen LogP contribution in [0.15, 0.2) is 78.9 Å². The molecule has 1 N–H and O–H groups in total. The summed E-state index contributed by atoms with van der Waals surface area (Å²) in [6.45, 7) is 0.350. The molecule has 0 amide bonds. The molecule has 34 heavy (non-hydrogen) atoms. The molecule has 1 fully saturated rings. The molecule has 1 saturated heterocycles. The number of fused-ring (bicyclic) bond motifs is 3. The van der Waals surface area contributed by atoms with Crippen LogP contribution in [0.25, 0.3) is 11.1 Å². The summed E-state index contributed by atoms with van der Waals surface area (Å²) in [4.78, 5) is 15.5. The zero-order valence-corrected chi connectivity index (χ0v) is 19.4. The van der Waals surface area contributed by atoms with Crippen LogP contribution >= 0.6 is 0 Å². The molecule has 3 aromatic rings. The minimum atomic E-state index is -0.758. The molecule has 6 nitrogen and oxygen atoms in total. The molecule has 176 valence electrons. The van der Waals surface area contributed by atoms with E-state index in [0.29, 0.717) is 6.54 Å². The van der Waals surface area contributed by atoms with E-state index < -0.39 is 23.7 Å². The molecular formula is C28H29NO5. The summed E-state index contributed by atoms with van der Waals surface area (Å²) in [6, 6.07) is 26.2. The van der Waals surface area contributed by atoms with Crippen LogP contribution in [0.5, 0.6) is 0 Å². The lowest BCUT2D eigenvalue weighted by Gasteiger charge is -2.44. The molecular weight excluding hydrogens is 430 g/mol. The van der Waals surface area contributed by atoms with Gasteiger partial charge in [0.1, 0.15) is 12.8 Å². The smallest absolute Gasteiger partial charge is 0.325 e. The molecule has 3 aromatic carbocycles. The van der Waals surface area contributed by atoms with E-state index in [1.807, 2.05) is 42.5 Å². The second-order valence-corrected chi connectivity index (χ2v) is 8.77. The highest BCUT2D eigenvalue weighted by atomic mass is 16.7. The first kappa shape index (κ1) is 22.7. The number of methoxy groups -OCH3 is 2. The number of aliphatic hydroxyl groups is 1. The molecule has 0 aromatic heterocycles. The lowest BCUT2D eigenvalue weighted by atomic mass is 9.78. The normalized spacial score (nSPS) is 22.9. The quantitative estimate of drug-likeness (QED) is 0.431. The summed E-state index contributed by atoms with van der Waals surface area (Å²) in [7, 11) is 2.94. The molecule has 0 saturated carbocycles. The van der Waals surface area contributed by atoms with E-state index in [0.717, 1.165) is 27.8 Å². The number of rotatable bonds is 7. The van der Waals surface area contributed by atoms with Gasteiger partial charge >= 0.3 is 5.97 Å². The van der Waals surface area contributed by atoms with Crippen molar-refractivity contribution in [3.05, 3.63) is 95.6 Å².